The van der Waals surface area contributed by atoms with Crippen LogP contribution in [0.1, 0.15) is 0 Å². The van der Waals surface area contributed by atoms with E-state index < -0.39 is 0 Å². The number of hydrogen-bond donors (Lipinski definition) is 0. The van der Waals surface area contributed by atoms with Crippen LogP contribution >= 0.6 is 11.3 Å². The van der Waals surface area contributed by atoms with Crippen molar-refractivity contribution < 1.29 is 4.42 Å². The molecule has 56 heavy (non-hydrogen) atoms. The lowest BCUT2D eigenvalue weighted by molar-refractivity contribution is 0.669. The number of anilines is 3. The third kappa shape index (κ3) is 4.70. The van der Waals surface area contributed by atoms with Crippen molar-refractivity contribution in [1.29, 1.82) is 0 Å². The van der Waals surface area contributed by atoms with Crippen LogP contribution in [-0.4, -0.2) is 4.57 Å². The SMILES string of the molecule is c1ccc(N(c2ccc(-n3c4ccccc4c4c(-c5ccc6sc7ccccc7c6c5)c5c(cc43)oc3ccccc35)cc2)c2ccc3ccccc3c2)cc1. The standard InChI is InChI=1S/C52H32N2OS/c1-2-14-36(15-3-1)53(39-24-22-33-12-4-5-13-34(33)30-39)37-25-27-38(28-26-37)54-44-19-9-6-17-41(44)51-45(54)32-47-52(42-18-7-10-20-46(42)55-47)50(51)35-23-29-49-43(31-35)40-16-8-11-21-48(40)56-49/h1-32H. The summed E-state index contributed by atoms with van der Waals surface area (Å²) in [5, 5.41) is 9.75. The van der Waals surface area contributed by atoms with Crippen LogP contribution in [0.2, 0.25) is 0 Å². The molecule has 4 heteroatoms. The third-order valence-corrected chi connectivity index (χ3v) is 12.5. The molecule has 0 aliphatic heterocycles. The highest BCUT2D eigenvalue weighted by Gasteiger charge is 2.23. The predicted molar refractivity (Wildman–Crippen MR) is 239 cm³/mol. The van der Waals surface area contributed by atoms with E-state index in [9.17, 15) is 0 Å². The van der Waals surface area contributed by atoms with Crippen molar-refractivity contribution in [2.24, 2.45) is 0 Å². The monoisotopic (exact) mass is 732 g/mol. The number of furan rings is 1. The summed E-state index contributed by atoms with van der Waals surface area (Å²) in [6.45, 7) is 0. The Morgan fingerprint density at radius 3 is 1.96 bits per heavy atom. The Morgan fingerprint density at radius 1 is 0.411 bits per heavy atom. The molecule has 12 rings (SSSR count). The second kappa shape index (κ2) is 12.2. The van der Waals surface area contributed by atoms with Crippen LogP contribution < -0.4 is 4.90 Å². The maximum absolute atomic E-state index is 6.71. The maximum atomic E-state index is 6.71. The molecule has 0 fully saturated rings. The van der Waals surface area contributed by atoms with E-state index in [1.54, 1.807) is 0 Å². The summed E-state index contributed by atoms with van der Waals surface area (Å²) < 4.78 is 11.7. The highest BCUT2D eigenvalue weighted by Crippen LogP contribution is 2.48. The molecule has 0 unspecified atom stereocenters. The molecule has 0 amide bonds. The van der Waals surface area contributed by atoms with Crippen molar-refractivity contribution in [3.8, 4) is 16.8 Å². The third-order valence-electron chi connectivity index (χ3n) is 11.3. The van der Waals surface area contributed by atoms with Crippen LogP contribution in [0.5, 0.6) is 0 Å². The van der Waals surface area contributed by atoms with Crippen molar-refractivity contribution in [3.05, 3.63) is 194 Å². The average Bonchev–Trinajstić information content (AvgIpc) is 3.93. The zero-order valence-electron chi connectivity index (χ0n) is 30.2. The number of para-hydroxylation sites is 3. The van der Waals surface area contributed by atoms with Gasteiger partial charge in [0.15, 0.2) is 0 Å². The van der Waals surface area contributed by atoms with Gasteiger partial charge in [-0.3, -0.25) is 0 Å². The fourth-order valence-electron chi connectivity index (χ4n) is 8.87. The Kier molecular flexibility index (Phi) is 6.80. The number of benzene rings is 9. The van der Waals surface area contributed by atoms with Gasteiger partial charge in [0.2, 0.25) is 0 Å². The Bertz CT molecular complexity index is 3480. The van der Waals surface area contributed by atoms with E-state index in [0.717, 1.165) is 55.7 Å². The summed E-state index contributed by atoms with van der Waals surface area (Å²) >= 11 is 1.86. The molecule has 3 aromatic heterocycles. The number of nitrogens with zero attached hydrogens (tertiary/aromatic N) is 2. The predicted octanol–water partition coefficient (Wildman–Crippen LogP) is 15.3. The van der Waals surface area contributed by atoms with E-state index in [2.05, 4.69) is 204 Å². The lowest BCUT2D eigenvalue weighted by Gasteiger charge is -2.26. The fraction of sp³-hybridized carbons (Fsp3) is 0. The minimum absolute atomic E-state index is 0.885. The van der Waals surface area contributed by atoms with Crippen molar-refractivity contribution in [1.82, 2.24) is 4.57 Å². The zero-order valence-corrected chi connectivity index (χ0v) is 31.0. The Balaban J connectivity index is 1.10. The lowest BCUT2D eigenvalue weighted by Crippen LogP contribution is -2.10. The van der Waals surface area contributed by atoms with Crippen molar-refractivity contribution in [2.75, 3.05) is 4.90 Å². The molecule has 0 bridgehead atoms. The lowest BCUT2D eigenvalue weighted by atomic mass is 9.93. The number of fused-ring (bicyclic) bond motifs is 10. The first-order valence-corrected chi connectivity index (χ1v) is 19.8. The molecule has 0 saturated heterocycles. The van der Waals surface area contributed by atoms with Crippen molar-refractivity contribution in [2.45, 2.75) is 0 Å². The second-order valence-electron chi connectivity index (χ2n) is 14.5. The van der Waals surface area contributed by atoms with Gasteiger partial charge in [-0.25, -0.2) is 0 Å². The van der Waals surface area contributed by atoms with Crippen LogP contribution in [0.3, 0.4) is 0 Å². The fourth-order valence-corrected chi connectivity index (χ4v) is 9.96. The minimum atomic E-state index is 0.885. The molecule has 3 heterocycles. The Labute approximate surface area is 326 Å². The van der Waals surface area contributed by atoms with Crippen LogP contribution in [0, 0.1) is 0 Å². The molecule has 0 atom stereocenters. The first kappa shape index (κ1) is 31.2. The van der Waals surface area contributed by atoms with E-state index in [1.165, 1.54) is 52.8 Å². The van der Waals surface area contributed by atoms with Gasteiger partial charge in [0.25, 0.3) is 0 Å². The normalized spacial score (nSPS) is 11.9. The summed E-state index contributed by atoms with van der Waals surface area (Å²) in [4.78, 5) is 2.34. The molecular formula is C52H32N2OS. The summed E-state index contributed by atoms with van der Waals surface area (Å²) in [5.41, 5.74) is 10.9. The first-order valence-electron chi connectivity index (χ1n) is 19.0. The maximum Gasteiger partial charge on any atom is 0.138 e. The van der Waals surface area contributed by atoms with E-state index in [4.69, 9.17) is 4.42 Å². The Hall–Kier alpha value is -7.14. The highest BCUT2D eigenvalue weighted by atomic mass is 32.1. The summed E-state index contributed by atoms with van der Waals surface area (Å²) in [6.07, 6.45) is 0. The van der Waals surface area contributed by atoms with E-state index >= 15 is 0 Å². The number of thiophene rings is 1. The molecule has 0 aliphatic rings. The average molecular weight is 733 g/mol. The molecule has 0 saturated carbocycles. The summed E-state index contributed by atoms with van der Waals surface area (Å²) in [6, 6.07) is 70.1. The van der Waals surface area contributed by atoms with Crippen LogP contribution in [-0.2, 0) is 0 Å². The molecule has 12 aromatic rings. The smallest absolute Gasteiger partial charge is 0.138 e. The second-order valence-corrected chi connectivity index (χ2v) is 15.6. The van der Waals surface area contributed by atoms with Gasteiger partial charge < -0.3 is 13.9 Å². The Morgan fingerprint density at radius 2 is 1.09 bits per heavy atom. The number of aromatic nitrogens is 1. The molecule has 9 aromatic carbocycles. The van der Waals surface area contributed by atoms with Gasteiger partial charge in [-0.1, -0.05) is 109 Å². The summed E-state index contributed by atoms with van der Waals surface area (Å²) in [7, 11) is 0. The van der Waals surface area contributed by atoms with Gasteiger partial charge in [-0.15, -0.1) is 11.3 Å². The van der Waals surface area contributed by atoms with Crippen molar-refractivity contribution in [3.63, 3.8) is 0 Å². The molecule has 0 radical (unpaired) electrons. The van der Waals surface area contributed by atoms with E-state index in [-0.39, 0.29) is 0 Å². The van der Waals surface area contributed by atoms with Gasteiger partial charge in [0.1, 0.15) is 11.2 Å². The van der Waals surface area contributed by atoms with Crippen LogP contribution in [0.25, 0.3) is 91.5 Å². The van der Waals surface area contributed by atoms with Gasteiger partial charge in [-0.05, 0) is 95.2 Å². The topological polar surface area (TPSA) is 21.3 Å². The van der Waals surface area contributed by atoms with Gasteiger partial charge in [0, 0.05) is 76.1 Å². The van der Waals surface area contributed by atoms with Gasteiger partial charge >= 0.3 is 0 Å². The van der Waals surface area contributed by atoms with E-state index in [0.29, 0.717) is 0 Å². The molecule has 0 spiro atoms. The van der Waals surface area contributed by atoms with Gasteiger partial charge in [-0.2, -0.15) is 0 Å². The van der Waals surface area contributed by atoms with Crippen LogP contribution in [0.15, 0.2) is 199 Å². The molecule has 0 N–H and O–H groups in total. The molecule has 262 valence electrons. The highest BCUT2D eigenvalue weighted by molar-refractivity contribution is 7.25. The largest absolute Gasteiger partial charge is 0.456 e. The molecule has 3 nitrogen and oxygen atoms in total. The molecular weight excluding hydrogens is 701 g/mol. The van der Waals surface area contributed by atoms with E-state index in [1.807, 2.05) is 11.3 Å². The zero-order chi connectivity index (χ0) is 36.7. The van der Waals surface area contributed by atoms with Gasteiger partial charge in [0.05, 0.1) is 11.0 Å². The number of hydrogen-bond acceptors (Lipinski definition) is 3. The number of rotatable bonds is 5. The van der Waals surface area contributed by atoms with Crippen molar-refractivity contribution >= 4 is 103 Å². The minimum Gasteiger partial charge on any atom is -0.456 e. The quantitative estimate of drug-likeness (QED) is 0.176. The summed E-state index contributed by atoms with van der Waals surface area (Å²) in [5.74, 6) is 0. The van der Waals surface area contributed by atoms with Crippen LogP contribution in [0.4, 0.5) is 17.1 Å². The first-order chi connectivity index (χ1) is 27.8. The molecule has 0 aliphatic carbocycles.